The van der Waals surface area contributed by atoms with E-state index >= 15 is 0 Å². The van der Waals surface area contributed by atoms with Crippen molar-refractivity contribution in [3.63, 3.8) is 0 Å². The van der Waals surface area contributed by atoms with E-state index in [1.54, 1.807) is 13.0 Å². The fourth-order valence-corrected chi connectivity index (χ4v) is 1.64. The Morgan fingerprint density at radius 3 is 2.73 bits per heavy atom. The minimum atomic E-state index is -0.893. The number of hydrogen-bond donors (Lipinski definition) is 1. The van der Waals surface area contributed by atoms with Crippen molar-refractivity contribution in [1.29, 1.82) is 0 Å². The van der Waals surface area contributed by atoms with Gasteiger partial charge in [0.25, 0.3) is 0 Å². The van der Waals surface area contributed by atoms with Gasteiger partial charge in [-0.2, -0.15) is 0 Å². The van der Waals surface area contributed by atoms with Gasteiger partial charge in [-0.05, 0) is 18.6 Å². The molecule has 1 aromatic rings. The van der Waals surface area contributed by atoms with E-state index < -0.39 is 5.97 Å². The second-order valence-electron chi connectivity index (χ2n) is 3.13. The van der Waals surface area contributed by atoms with Gasteiger partial charge >= 0.3 is 5.97 Å². The van der Waals surface area contributed by atoms with E-state index in [4.69, 9.17) is 9.84 Å². The van der Waals surface area contributed by atoms with Gasteiger partial charge in [0.05, 0.1) is 12.2 Å². The van der Waals surface area contributed by atoms with E-state index in [1.807, 2.05) is 6.07 Å². The molecule has 0 atom stereocenters. The summed E-state index contributed by atoms with van der Waals surface area (Å²) in [5, 5.41) is 8.84. The van der Waals surface area contributed by atoms with Gasteiger partial charge < -0.3 is 9.84 Å². The van der Waals surface area contributed by atoms with E-state index in [0.29, 0.717) is 12.2 Å². The molecule has 0 amide bonds. The third-order valence-electron chi connectivity index (χ3n) is 2.34. The molecule has 1 aromatic carbocycles. The van der Waals surface area contributed by atoms with Gasteiger partial charge in [-0.15, -0.1) is 13.2 Å². The average Bonchev–Trinajstić information content (AvgIpc) is 2.69. The Morgan fingerprint density at radius 1 is 1.47 bits per heavy atom. The summed E-state index contributed by atoms with van der Waals surface area (Å²) in [6.45, 7) is 8.45. The number of carbonyl (C=O) groups is 1. The summed E-state index contributed by atoms with van der Waals surface area (Å²) in [6.07, 6.45) is 0.885. The summed E-state index contributed by atoms with van der Waals surface area (Å²) < 4.78 is 5.36. The molecule has 0 saturated heterocycles. The molecule has 1 aliphatic rings. The molecule has 0 unspecified atom stereocenters. The Balaban J connectivity index is 0.000000531. The number of carboxylic acid groups (broad SMARTS) is 1. The molecule has 1 aliphatic heterocycles. The highest BCUT2D eigenvalue weighted by atomic mass is 16.5. The smallest absolute Gasteiger partial charge is 0.336 e. The molecular weight excluding hydrogens is 192 g/mol. The van der Waals surface area contributed by atoms with Crippen LogP contribution in [0.5, 0.6) is 5.75 Å². The van der Waals surface area contributed by atoms with Crippen LogP contribution in [-0.4, -0.2) is 17.7 Å². The molecule has 3 nitrogen and oxygen atoms in total. The Kier molecular flexibility index (Phi) is 3.50. The van der Waals surface area contributed by atoms with Crippen LogP contribution in [0.25, 0.3) is 0 Å². The molecule has 0 aliphatic carbocycles. The maximum absolute atomic E-state index is 10.8. The maximum atomic E-state index is 10.8. The largest absolute Gasteiger partial charge is 0.493 e. The standard InChI is InChI=1S/C10H10O3.C2H4/c1-6-8(10(11)12)3-2-7-4-5-13-9(6)7;1-2/h2-3H,4-5H2,1H3,(H,11,12);1-2H2. The summed E-state index contributed by atoms with van der Waals surface area (Å²) in [5.74, 6) is -0.129. The number of benzene rings is 1. The predicted molar refractivity (Wildman–Crippen MR) is 58.6 cm³/mol. The summed E-state index contributed by atoms with van der Waals surface area (Å²) in [6, 6.07) is 3.48. The van der Waals surface area contributed by atoms with Crippen LogP contribution in [0, 0.1) is 6.92 Å². The van der Waals surface area contributed by atoms with Gasteiger partial charge in [0.1, 0.15) is 5.75 Å². The van der Waals surface area contributed by atoms with Crippen molar-refractivity contribution >= 4 is 5.97 Å². The van der Waals surface area contributed by atoms with E-state index in [-0.39, 0.29) is 0 Å². The van der Waals surface area contributed by atoms with E-state index in [0.717, 1.165) is 23.3 Å². The quantitative estimate of drug-likeness (QED) is 0.718. The molecular formula is C12H14O3. The Labute approximate surface area is 89.0 Å². The van der Waals surface area contributed by atoms with Crippen LogP contribution in [0.2, 0.25) is 0 Å². The first kappa shape index (κ1) is 11.3. The van der Waals surface area contributed by atoms with Gasteiger partial charge in [-0.1, -0.05) is 6.07 Å². The minimum Gasteiger partial charge on any atom is -0.493 e. The SMILES string of the molecule is C=C.Cc1c(C(=O)O)ccc2c1OCC2. The molecule has 15 heavy (non-hydrogen) atoms. The third-order valence-corrected chi connectivity index (χ3v) is 2.34. The van der Waals surface area contributed by atoms with E-state index in [2.05, 4.69) is 13.2 Å². The number of aromatic carboxylic acids is 1. The zero-order valence-corrected chi connectivity index (χ0v) is 8.75. The zero-order chi connectivity index (χ0) is 11.4. The van der Waals surface area contributed by atoms with Crippen molar-refractivity contribution < 1.29 is 14.6 Å². The van der Waals surface area contributed by atoms with Crippen LogP contribution in [0.1, 0.15) is 21.5 Å². The Hall–Kier alpha value is -1.77. The molecule has 0 spiro atoms. The highest BCUT2D eigenvalue weighted by Crippen LogP contribution is 2.31. The fourth-order valence-electron chi connectivity index (χ4n) is 1.64. The van der Waals surface area contributed by atoms with Crippen LogP contribution < -0.4 is 4.74 Å². The van der Waals surface area contributed by atoms with Crippen molar-refractivity contribution in [2.75, 3.05) is 6.61 Å². The second kappa shape index (κ2) is 4.64. The monoisotopic (exact) mass is 206 g/mol. The lowest BCUT2D eigenvalue weighted by atomic mass is 10.0. The molecule has 2 rings (SSSR count). The van der Waals surface area contributed by atoms with Gasteiger partial charge in [0, 0.05) is 12.0 Å². The Morgan fingerprint density at radius 2 is 2.13 bits per heavy atom. The lowest BCUT2D eigenvalue weighted by Gasteiger charge is -2.06. The van der Waals surface area contributed by atoms with Crippen LogP contribution in [0.15, 0.2) is 25.3 Å². The molecule has 80 valence electrons. The second-order valence-corrected chi connectivity index (χ2v) is 3.13. The first-order chi connectivity index (χ1) is 7.20. The van der Waals surface area contributed by atoms with Crippen molar-refractivity contribution in [1.82, 2.24) is 0 Å². The number of rotatable bonds is 1. The fraction of sp³-hybridized carbons (Fsp3) is 0.250. The maximum Gasteiger partial charge on any atom is 0.336 e. The highest BCUT2D eigenvalue weighted by Gasteiger charge is 2.19. The average molecular weight is 206 g/mol. The van der Waals surface area contributed by atoms with Gasteiger partial charge in [0.15, 0.2) is 0 Å². The number of hydrogen-bond acceptors (Lipinski definition) is 2. The van der Waals surface area contributed by atoms with E-state index in [1.165, 1.54) is 0 Å². The molecule has 0 fully saturated rings. The van der Waals surface area contributed by atoms with Gasteiger partial charge in [-0.25, -0.2) is 4.79 Å². The molecule has 0 bridgehead atoms. The molecule has 0 aromatic heterocycles. The third kappa shape index (κ3) is 2.01. The zero-order valence-electron chi connectivity index (χ0n) is 8.75. The first-order valence-corrected chi connectivity index (χ1v) is 4.68. The number of fused-ring (bicyclic) bond motifs is 1. The normalized spacial score (nSPS) is 12.1. The van der Waals surface area contributed by atoms with Crippen LogP contribution >= 0.6 is 0 Å². The molecule has 3 heteroatoms. The van der Waals surface area contributed by atoms with Crippen LogP contribution in [0.4, 0.5) is 0 Å². The van der Waals surface area contributed by atoms with E-state index in [9.17, 15) is 4.79 Å². The van der Waals surface area contributed by atoms with Crippen molar-refractivity contribution in [3.05, 3.63) is 42.0 Å². The van der Waals surface area contributed by atoms with Crippen molar-refractivity contribution in [3.8, 4) is 5.75 Å². The molecule has 1 heterocycles. The minimum absolute atomic E-state index is 0.334. The Bertz CT molecular complexity index is 383. The summed E-state index contributed by atoms with van der Waals surface area (Å²) >= 11 is 0. The van der Waals surface area contributed by atoms with Crippen LogP contribution in [-0.2, 0) is 6.42 Å². The first-order valence-electron chi connectivity index (χ1n) is 4.68. The summed E-state index contributed by atoms with van der Waals surface area (Å²) in [7, 11) is 0. The molecule has 0 saturated carbocycles. The predicted octanol–water partition coefficient (Wildman–Crippen LogP) is 2.43. The molecule has 0 radical (unpaired) electrons. The highest BCUT2D eigenvalue weighted by molar-refractivity contribution is 5.90. The van der Waals surface area contributed by atoms with Crippen molar-refractivity contribution in [2.45, 2.75) is 13.3 Å². The lowest BCUT2D eigenvalue weighted by Crippen LogP contribution is -2.00. The molecule has 1 N–H and O–H groups in total. The number of carboxylic acids is 1. The van der Waals surface area contributed by atoms with Gasteiger partial charge in [-0.3, -0.25) is 0 Å². The summed E-state index contributed by atoms with van der Waals surface area (Å²) in [5.41, 5.74) is 2.19. The van der Waals surface area contributed by atoms with Gasteiger partial charge in [0.2, 0.25) is 0 Å². The summed E-state index contributed by atoms with van der Waals surface area (Å²) in [4.78, 5) is 10.8. The van der Waals surface area contributed by atoms with Crippen molar-refractivity contribution in [2.24, 2.45) is 0 Å². The topological polar surface area (TPSA) is 46.5 Å². The number of ether oxygens (including phenoxy) is 1. The van der Waals surface area contributed by atoms with Crippen LogP contribution in [0.3, 0.4) is 0 Å². The lowest BCUT2D eigenvalue weighted by molar-refractivity contribution is 0.0695.